The summed E-state index contributed by atoms with van der Waals surface area (Å²) in [5.41, 5.74) is 2.09. The minimum atomic E-state index is -0.0245. The normalized spacial score (nSPS) is 11.7. The first-order chi connectivity index (χ1) is 9.32. The first-order valence-corrected chi connectivity index (χ1v) is 8.70. The van der Waals surface area contributed by atoms with Crippen LogP contribution in [0.1, 0.15) is 26.5 Å². The highest BCUT2D eigenvalue weighted by Crippen LogP contribution is 2.30. The zero-order chi connectivity index (χ0) is 14.9. The van der Waals surface area contributed by atoms with Crippen LogP contribution in [0.5, 0.6) is 0 Å². The summed E-state index contributed by atoms with van der Waals surface area (Å²) in [5, 5.41) is 0. The van der Waals surface area contributed by atoms with Crippen molar-refractivity contribution in [3.63, 3.8) is 0 Å². The molecule has 2 aromatic rings. The number of benzene rings is 1. The number of nitrogens with one attached hydrogen (secondary N) is 1. The topological polar surface area (TPSA) is 28.7 Å². The van der Waals surface area contributed by atoms with Gasteiger partial charge in [-0.25, -0.2) is 4.98 Å². The van der Waals surface area contributed by atoms with Crippen molar-refractivity contribution in [2.24, 2.45) is 0 Å². The fraction of sp³-hybridized carbons (Fsp3) is 0.333. The van der Waals surface area contributed by atoms with Crippen molar-refractivity contribution in [1.82, 2.24) is 9.97 Å². The quantitative estimate of drug-likeness (QED) is 0.553. The van der Waals surface area contributed by atoms with Crippen molar-refractivity contribution in [1.29, 1.82) is 0 Å². The first-order valence-electron chi connectivity index (χ1n) is 6.27. The predicted molar refractivity (Wildman–Crippen MR) is 93.0 cm³/mol. The van der Waals surface area contributed by atoms with Crippen molar-refractivity contribution in [3.05, 3.63) is 39.1 Å². The third-order valence-corrected chi connectivity index (χ3v) is 5.05. The average molecular weight is 369 g/mol. The lowest BCUT2D eigenvalue weighted by Gasteiger charge is -2.21. The second-order valence-electron chi connectivity index (χ2n) is 5.56. The number of hydrogen-bond acceptors (Lipinski definition) is 3. The highest BCUT2D eigenvalue weighted by molar-refractivity contribution is 9.10. The van der Waals surface area contributed by atoms with Crippen LogP contribution in [0.4, 0.5) is 0 Å². The number of aromatic amines is 1. The van der Waals surface area contributed by atoms with Crippen LogP contribution in [0.3, 0.4) is 0 Å². The molecule has 0 aliphatic heterocycles. The molecule has 2 nitrogen and oxygen atoms in total. The maximum absolute atomic E-state index is 5.36. The molecule has 0 atom stereocenters. The van der Waals surface area contributed by atoms with Crippen LogP contribution in [-0.4, -0.2) is 16.2 Å². The number of hydrogen-bond donors (Lipinski definition) is 1. The highest BCUT2D eigenvalue weighted by Gasteiger charge is 2.20. The van der Waals surface area contributed by atoms with E-state index in [4.69, 9.17) is 12.2 Å². The van der Waals surface area contributed by atoms with Crippen LogP contribution in [0.25, 0.3) is 11.4 Å². The van der Waals surface area contributed by atoms with E-state index in [0.29, 0.717) is 4.64 Å². The summed E-state index contributed by atoms with van der Waals surface area (Å²) in [5.74, 6) is 0.816. The Morgan fingerprint density at radius 1 is 1.20 bits per heavy atom. The van der Waals surface area contributed by atoms with Gasteiger partial charge < -0.3 is 4.98 Å². The van der Waals surface area contributed by atoms with Gasteiger partial charge in [0.25, 0.3) is 0 Å². The Morgan fingerprint density at radius 3 is 2.30 bits per heavy atom. The van der Waals surface area contributed by atoms with Gasteiger partial charge in [-0.15, -0.1) is 11.8 Å². The van der Waals surface area contributed by atoms with Crippen molar-refractivity contribution in [2.75, 3.05) is 6.26 Å². The highest BCUT2D eigenvalue weighted by atomic mass is 79.9. The number of nitrogens with zero attached hydrogens (tertiary/aromatic N) is 1. The fourth-order valence-electron chi connectivity index (χ4n) is 1.86. The first kappa shape index (κ1) is 15.7. The molecule has 1 N–H and O–H groups in total. The Balaban J connectivity index is 2.57. The smallest absolute Gasteiger partial charge is 0.144 e. The molecule has 1 aromatic carbocycles. The second kappa shape index (κ2) is 6.00. The van der Waals surface area contributed by atoms with E-state index >= 15 is 0 Å². The van der Waals surface area contributed by atoms with Gasteiger partial charge in [-0.1, -0.05) is 45.1 Å². The molecule has 0 spiro atoms. The molecule has 0 radical (unpaired) electrons. The Labute approximate surface area is 137 Å². The number of H-pyrrole nitrogens is 1. The van der Waals surface area contributed by atoms with Crippen molar-refractivity contribution in [2.45, 2.75) is 31.1 Å². The lowest BCUT2D eigenvalue weighted by molar-refractivity contribution is 0.563. The van der Waals surface area contributed by atoms with Crippen LogP contribution < -0.4 is 0 Å². The maximum atomic E-state index is 5.36. The fourth-order valence-corrected chi connectivity index (χ4v) is 3.25. The van der Waals surface area contributed by atoms with Crippen LogP contribution in [-0.2, 0) is 5.41 Å². The summed E-state index contributed by atoms with van der Waals surface area (Å²) < 4.78 is 1.47. The third kappa shape index (κ3) is 3.32. The van der Waals surface area contributed by atoms with E-state index in [-0.39, 0.29) is 5.41 Å². The predicted octanol–water partition coefficient (Wildman–Crippen LogP) is 5.59. The van der Waals surface area contributed by atoms with E-state index in [9.17, 15) is 0 Å². The summed E-state index contributed by atoms with van der Waals surface area (Å²) in [4.78, 5) is 9.13. The molecular formula is C15H17BrN2S2. The van der Waals surface area contributed by atoms with Crippen molar-refractivity contribution >= 4 is 39.9 Å². The third-order valence-electron chi connectivity index (χ3n) is 2.98. The maximum Gasteiger partial charge on any atom is 0.144 e. The SMILES string of the molecule is CSc1ccc(-c2nc(=S)c(Br)c(C(C)(C)C)[nH]2)cc1. The standard InChI is InChI=1S/C15H17BrN2S2/c1-15(2,3)12-11(16)14(19)18-13(17-12)9-5-7-10(20-4)8-6-9/h5-8H,1-4H3,(H,17,18,19). The van der Waals surface area contributed by atoms with Crippen LogP contribution >= 0.6 is 39.9 Å². The van der Waals surface area contributed by atoms with Gasteiger partial charge in [0, 0.05) is 21.6 Å². The molecule has 106 valence electrons. The van der Waals surface area contributed by atoms with Gasteiger partial charge in [0.2, 0.25) is 0 Å². The van der Waals surface area contributed by atoms with E-state index < -0.39 is 0 Å². The Morgan fingerprint density at radius 2 is 1.80 bits per heavy atom. The Hall–Kier alpha value is -0.650. The monoisotopic (exact) mass is 368 g/mol. The molecule has 0 saturated carbocycles. The van der Waals surface area contributed by atoms with E-state index in [0.717, 1.165) is 21.6 Å². The molecule has 0 unspecified atom stereocenters. The van der Waals surface area contributed by atoms with Gasteiger partial charge in [0.1, 0.15) is 10.5 Å². The van der Waals surface area contributed by atoms with E-state index in [1.165, 1.54) is 4.90 Å². The Bertz CT molecular complexity index is 670. The molecule has 1 heterocycles. The van der Waals surface area contributed by atoms with E-state index in [1.54, 1.807) is 11.8 Å². The number of halogens is 1. The number of thioether (sulfide) groups is 1. The largest absolute Gasteiger partial charge is 0.342 e. The molecule has 0 aliphatic rings. The zero-order valence-corrected chi connectivity index (χ0v) is 15.2. The molecule has 0 aliphatic carbocycles. The van der Waals surface area contributed by atoms with Crippen LogP contribution in [0.15, 0.2) is 33.6 Å². The van der Waals surface area contributed by atoms with Gasteiger partial charge in [-0.2, -0.15) is 0 Å². The number of aromatic nitrogens is 2. The van der Waals surface area contributed by atoms with Crippen LogP contribution in [0, 0.1) is 4.64 Å². The summed E-state index contributed by atoms with van der Waals surface area (Å²) >= 11 is 10.6. The molecule has 0 amide bonds. The summed E-state index contributed by atoms with van der Waals surface area (Å²) in [6.07, 6.45) is 2.07. The lowest BCUT2D eigenvalue weighted by Crippen LogP contribution is -2.16. The average Bonchev–Trinajstić information content (AvgIpc) is 2.40. The van der Waals surface area contributed by atoms with Crippen molar-refractivity contribution in [3.8, 4) is 11.4 Å². The lowest BCUT2D eigenvalue weighted by atomic mass is 9.92. The van der Waals surface area contributed by atoms with Gasteiger partial charge >= 0.3 is 0 Å². The Kier molecular flexibility index (Phi) is 4.72. The molecule has 20 heavy (non-hydrogen) atoms. The molecule has 5 heteroatoms. The van der Waals surface area contributed by atoms with E-state index in [2.05, 4.69) is 77.2 Å². The molecule has 0 fully saturated rings. The summed E-state index contributed by atoms with van der Waals surface area (Å²) in [6.45, 7) is 6.46. The molecular weight excluding hydrogens is 352 g/mol. The minimum absolute atomic E-state index is 0.0245. The zero-order valence-electron chi connectivity index (χ0n) is 12.0. The summed E-state index contributed by atoms with van der Waals surface area (Å²) in [6, 6.07) is 8.33. The van der Waals surface area contributed by atoms with Gasteiger partial charge in [0.15, 0.2) is 0 Å². The molecule has 1 aromatic heterocycles. The van der Waals surface area contributed by atoms with Gasteiger partial charge in [-0.05, 0) is 34.3 Å². The molecule has 0 saturated heterocycles. The summed E-state index contributed by atoms with van der Waals surface area (Å²) in [7, 11) is 0. The van der Waals surface area contributed by atoms with Gasteiger partial charge in [-0.3, -0.25) is 0 Å². The molecule has 0 bridgehead atoms. The van der Waals surface area contributed by atoms with Crippen molar-refractivity contribution < 1.29 is 0 Å². The minimum Gasteiger partial charge on any atom is -0.342 e. The van der Waals surface area contributed by atoms with Crippen LogP contribution in [0.2, 0.25) is 0 Å². The van der Waals surface area contributed by atoms with E-state index in [1.807, 2.05) is 0 Å². The molecule has 2 rings (SSSR count). The van der Waals surface area contributed by atoms with Gasteiger partial charge in [0.05, 0.1) is 4.47 Å². The second-order valence-corrected chi connectivity index (χ2v) is 7.62. The number of rotatable bonds is 2.